The minimum absolute atomic E-state index is 0.301. The summed E-state index contributed by atoms with van der Waals surface area (Å²) in [7, 11) is 0. The van der Waals surface area contributed by atoms with Crippen LogP contribution in [-0.4, -0.2) is 35.1 Å². The Morgan fingerprint density at radius 1 is 1.00 bits per heavy atom. The fraction of sp³-hybridized carbons (Fsp3) is 1.00. The third kappa shape index (κ3) is 2.28. The van der Waals surface area contributed by atoms with Gasteiger partial charge in [0.25, 0.3) is 0 Å². The number of hydrogen-bond donors (Lipinski definition) is 1. The van der Waals surface area contributed by atoms with Crippen molar-refractivity contribution in [2.45, 2.75) is 76.9 Å². The quantitative estimate of drug-likeness (QED) is 0.737. The van der Waals surface area contributed by atoms with Crippen LogP contribution in [0.5, 0.6) is 0 Å². The van der Waals surface area contributed by atoms with E-state index in [1.165, 1.54) is 38.6 Å². The van der Waals surface area contributed by atoms with E-state index in [0.29, 0.717) is 11.1 Å². The molecule has 1 saturated carbocycles. The van der Waals surface area contributed by atoms with E-state index in [4.69, 9.17) is 0 Å². The summed E-state index contributed by atoms with van der Waals surface area (Å²) in [6.07, 6.45) is 6.95. The zero-order chi connectivity index (χ0) is 11.8. The zero-order valence-corrected chi connectivity index (χ0v) is 11.5. The first-order chi connectivity index (χ1) is 7.43. The molecule has 1 N–H and O–H groups in total. The molecule has 1 aliphatic carbocycles. The molecule has 0 spiro atoms. The largest absolute Gasteiger partial charge is 0.315 e. The van der Waals surface area contributed by atoms with Gasteiger partial charge in [0.05, 0.1) is 0 Å². The molecule has 0 aromatic carbocycles. The third-order valence-electron chi connectivity index (χ3n) is 4.47. The van der Waals surface area contributed by atoms with Gasteiger partial charge in [-0.2, -0.15) is 0 Å². The molecule has 2 fully saturated rings. The van der Waals surface area contributed by atoms with Crippen molar-refractivity contribution < 1.29 is 0 Å². The highest BCUT2D eigenvalue weighted by molar-refractivity contribution is 5.00. The van der Waals surface area contributed by atoms with Gasteiger partial charge < -0.3 is 5.32 Å². The van der Waals surface area contributed by atoms with Crippen LogP contribution in [0, 0.1) is 0 Å². The SMILES string of the molecule is CC1(C)CCNCC(C)(C)N1C1CCCC1. The van der Waals surface area contributed by atoms with E-state index < -0.39 is 0 Å². The summed E-state index contributed by atoms with van der Waals surface area (Å²) < 4.78 is 0. The number of nitrogens with zero attached hydrogens (tertiary/aromatic N) is 1. The fourth-order valence-electron chi connectivity index (χ4n) is 3.96. The molecule has 1 saturated heterocycles. The molecule has 0 amide bonds. The van der Waals surface area contributed by atoms with Gasteiger partial charge in [-0.1, -0.05) is 12.8 Å². The van der Waals surface area contributed by atoms with Crippen molar-refractivity contribution in [3.63, 3.8) is 0 Å². The highest BCUT2D eigenvalue weighted by Gasteiger charge is 2.43. The summed E-state index contributed by atoms with van der Waals surface area (Å²) in [5.41, 5.74) is 0.650. The highest BCUT2D eigenvalue weighted by Crippen LogP contribution is 2.37. The van der Waals surface area contributed by atoms with Crippen LogP contribution < -0.4 is 5.32 Å². The molecular weight excluding hydrogens is 196 g/mol. The predicted molar refractivity (Wildman–Crippen MR) is 69.7 cm³/mol. The van der Waals surface area contributed by atoms with Crippen molar-refractivity contribution in [1.82, 2.24) is 10.2 Å². The highest BCUT2D eigenvalue weighted by atomic mass is 15.3. The topological polar surface area (TPSA) is 15.3 Å². The van der Waals surface area contributed by atoms with Gasteiger partial charge in [0.15, 0.2) is 0 Å². The normalized spacial score (nSPS) is 31.5. The molecule has 1 aliphatic heterocycles. The van der Waals surface area contributed by atoms with E-state index in [1.54, 1.807) is 0 Å². The molecule has 2 heteroatoms. The summed E-state index contributed by atoms with van der Waals surface area (Å²) in [5.74, 6) is 0. The van der Waals surface area contributed by atoms with Gasteiger partial charge in [-0.25, -0.2) is 0 Å². The van der Waals surface area contributed by atoms with Gasteiger partial charge in [0.1, 0.15) is 0 Å². The molecule has 0 atom stereocenters. The van der Waals surface area contributed by atoms with Crippen LogP contribution in [0.25, 0.3) is 0 Å². The fourth-order valence-corrected chi connectivity index (χ4v) is 3.96. The van der Waals surface area contributed by atoms with Gasteiger partial charge in [-0.15, -0.1) is 0 Å². The van der Waals surface area contributed by atoms with Crippen LogP contribution in [0.1, 0.15) is 59.8 Å². The molecule has 0 radical (unpaired) electrons. The van der Waals surface area contributed by atoms with Crippen molar-refractivity contribution >= 4 is 0 Å². The molecule has 0 aromatic rings. The minimum atomic E-state index is 0.301. The van der Waals surface area contributed by atoms with Crippen LogP contribution in [-0.2, 0) is 0 Å². The summed E-state index contributed by atoms with van der Waals surface area (Å²) in [6, 6.07) is 0.824. The Hall–Kier alpha value is -0.0800. The van der Waals surface area contributed by atoms with E-state index in [0.717, 1.165) is 12.6 Å². The summed E-state index contributed by atoms with van der Waals surface area (Å²) >= 11 is 0. The second-order valence-electron chi connectivity index (χ2n) is 6.86. The summed E-state index contributed by atoms with van der Waals surface area (Å²) in [6.45, 7) is 12.0. The van der Waals surface area contributed by atoms with Crippen LogP contribution in [0.4, 0.5) is 0 Å². The third-order valence-corrected chi connectivity index (χ3v) is 4.47. The maximum atomic E-state index is 3.60. The lowest BCUT2D eigenvalue weighted by Crippen LogP contribution is -2.60. The molecule has 94 valence electrons. The van der Waals surface area contributed by atoms with Crippen LogP contribution >= 0.6 is 0 Å². The van der Waals surface area contributed by atoms with Crippen molar-refractivity contribution in [2.24, 2.45) is 0 Å². The molecule has 0 unspecified atom stereocenters. The Balaban J connectivity index is 2.24. The summed E-state index contributed by atoms with van der Waals surface area (Å²) in [5, 5.41) is 3.60. The molecular formula is C14H28N2. The molecule has 16 heavy (non-hydrogen) atoms. The Labute approximate surface area is 101 Å². The molecule has 2 rings (SSSR count). The first-order valence-electron chi connectivity index (χ1n) is 6.94. The van der Waals surface area contributed by atoms with Crippen molar-refractivity contribution in [3.8, 4) is 0 Å². The minimum Gasteiger partial charge on any atom is -0.315 e. The van der Waals surface area contributed by atoms with Crippen molar-refractivity contribution in [3.05, 3.63) is 0 Å². The number of rotatable bonds is 1. The monoisotopic (exact) mass is 224 g/mol. The summed E-state index contributed by atoms with van der Waals surface area (Å²) in [4.78, 5) is 2.83. The van der Waals surface area contributed by atoms with Gasteiger partial charge >= 0.3 is 0 Å². The lowest BCUT2D eigenvalue weighted by molar-refractivity contribution is -0.0123. The van der Waals surface area contributed by atoms with E-state index in [1.807, 2.05) is 0 Å². The average Bonchev–Trinajstić information content (AvgIpc) is 2.61. The van der Waals surface area contributed by atoms with Crippen LogP contribution in [0.15, 0.2) is 0 Å². The van der Waals surface area contributed by atoms with E-state index in [2.05, 4.69) is 37.9 Å². The smallest absolute Gasteiger partial charge is 0.0285 e. The molecule has 1 heterocycles. The molecule has 0 aromatic heterocycles. The molecule has 2 aliphatic rings. The van der Waals surface area contributed by atoms with Gasteiger partial charge in [0, 0.05) is 23.7 Å². The Morgan fingerprint density at radius 2 is 1.62 bits per heavy atom. The standard InChI is InChI=1S/C14H28N2/c1-13(2)9-10-15-11-14(3,4)16(13)12-7-5-6-8-12/h12,15H,5-11H2,1-4H3. The van der Waals surface area contributed by atoms with E-state index >= 15 is 0 Å². The van der Waals surface area contributed by atoms with Crippen LogP contribution in [0.2, 0.25) is 0 Å². The van der Waals surface area contributed by atoms with E-state index in [-0.39, 0.29) is 0 Å². The number of hydrogen-bond acceptors (Lipinski definition) is 2. The second-order valence-corrected chi connectivity index (χ2v) is 6.86. The molecule has 2 nitrogen and oxygen atoms in total. The van der Waals surface area contributed by atoms with Crippen molar-refractivity contribution in [2.75, 3.05) is 13.1 Å². The Bertz CT molecular complexity index is 221. The lowest BCUT2D eigenvalue weighted by atomic mass is 9.89. The maximum Gasteiger partial charge on any atom is 0.0285 e. The average molecular weight is 224 g/mol. The first-order valence-corrected chi connectivity index (χ1v) is 6.94. The predicted octanol–water partition coefficient (Wildman–Crippen LogP) is 2.78. The van der Waals surface area contributed by atoms with Crippen LogP contribution in [0.3, 0.4) is 0 Å². The molecule has 0 bridgehead atoms. The van der Waals surface area contributed by atoms with Gasteiger partial charge in [-0.3, -0.25) is 4.90 Å². The maximum absolute atomic E-state index is 3.60. The van der Waals surface area contributed by atoms with E-state index in [9.17, 15) is 0 Å². The number of nitrogens with one attached hydrogen (secondary N) is 1. The first kappa shape index (κ1) is 12.4. The van der Waals surface area contributed by atoms with Gasteiger partial charge in [0.2, 0.25) is 0 Å². The van der Waals surface area contributed by atoms with Gasteiger partial charge in [-0.05, 0) is 53.5 Å². The Kier molecular flexibility index (Phi) is 3.33. The Morgan fingerprint density at radius 3 is 2.25 bits per heavy atom. The second kappa shape index (κ2) is 4.30. The van der Waals surface area contributed by atoms with Crippen molar-refractivity contribution in [1.29, 1.82) is 0 Å². The lowest BCUT2D eigenvalue weighted by Gasteiger charge is -2.50. The zero-order valence-electron chi connectivity index (χ0n) is 11.5.